The molecule has 0 radical (unpaired) electrons. The quantitative estimate of drug-likeness (QED) is 0.366. The molecule has 1 aromatic carbocycles. The predicted octanol–water partition coefficient (Wildman–Crippen LogP) is -0.209. The Hall–Kier alpha value is -2.36. The summed E-state index contributed by atoms with van der Waals surface area (Å²) < 4.78 is 0. The molecule has 7 N–H and O–H groups in total. The lowest BCUT2D eigenvalue weighted by molar-refractivity contribution is -0.132. The van der Waals surface area contributed by atoms with Gasteiger partial charge in [-0.1, -0.05) is 23.7 Å². The number of amides is 4. The molecule has 0 aromatic heterocycles. The third-order valence-electron chi connectivity index (χ3n) is 3.51. The van der Waals surface area contributed by atoms with Gasteiger partial charge in [0.2, 0.25) is 11.8 Å². The van der Waals surface area contributed by atoms with Crippen LogP contribution in [0.1, 0.15) is 13.3 Å². The van der Waals surface area contributed by atoms with Gasteiger partial charge in [-0.3, -0.25) is 9.59 Å². The number of hydrogen-bond donors (Lipinski definition) is 6. The van der Waals surface area contributed by atoms with Gasteiger partial charge in [0.1, 0.15) is 12.1 Å². The minimum atomic E-state index is -1.15. The number of benzene rings is 1. The molecule has 0 saturated carbocycles. The van der Waals surface area contributed by atoms with Crippen LogP contribution < -0.4 is 27.0 Å². The average Bonchev–Trinajstić information content (AvgIpc) is 2.60. The molecule has 0 aliphatic heterocycles. The second-order valence-corrected chi connectivity index (χ2v) is 5.96. The summed E-state index contributed by atoms with van der Waals surface area (Å²) in [6.07, 6.45) is -0.975. The number of carbonyl (C=O) groups is 3. The number of urea groups is 1. The van der Waals surface area contributed by atoms with Crippen molar-refractivity contribution < 1.29 is 19.5 Å². The smallest absolute Gasteiger partial charge is 0.319 e. The molecule has 3 unspecified atom stereocenters. The highest BCUT2D eigenvalue weighted by Gasteiger charge is 2.28. The normalized spacial score (nSPS) is 13.9. The number of carbonyl (C=O) groups excluding carboxylic acids is 3. The van der Waals surface area contributed by atoms with Crippen molar-refractivity contribution in [2.45, 2.75) is 31.5 Å². The Balaban J connectivity index is 2.77. The van der Waals surface area contributed by atoms with Crippen molar-refractivity contribution >= 4 is 35.1 Å². The van der Waals surface area contributed by atoms with Crippen molar-refractivity contribution in [1.82, 2.24) is 16.0 Å². The Morgan fingerprint density at radius 3 is 2.38 bits per heavy atom. The minimum absolute atomic E-state index is 0.129. The number of anilines is 1. The van der Waals surface area contributed by atoms with Crippen LogP contribution in [0.5, 0.6) is 0 Å². The summed E-state index contributed by atoms with van der Waals surface area (Å²) in [6.45, 7) is 1.50. The topological polar surface area (TPSA) is 146 Å². The summed E-state index contributed by atoms with van der Waals surface area (Å²) in [4.78, 5) is 36.3. The van der Waals surface area contributed by atoms with E-state index in [-0.39, 0.29) is 13.0 Å². The second kappa shape index (κ2) is 10.6. The fourth-order valence-electron chi connectivity index (χ4n) is 2.13. The Bertz CT molecular complexity index is 641. The van der Waals surface area contributed by atoms with Crippen molar-refractivity contribution in [3.05, 3.63) is 29.3 Å². The lowest BCUT2D eigenvalue weighted by Gasteiger charge is -2.24. The standard InChI is InChI=1S/C16H24ClN5O4/c1-9(23)13(15(25)19-2)22-14(24)12(7-8-18)21-16(26)20-11-6-4-3-5-10(11)17/h3-6,9,12-13,23H,7-8,18H2,1-2H3,(H,19,25)(H,22,24)(H2,20,21,26). The third kappa shape index (κ3) is 6.51. The molecule has 1 aromatic rings. The van der Waals surface area contributed by atoms with E-state index in [1.54, 1.807) is 24.3 Å². The SMILES string of the molecule is CNC(=O)C(NC(=O)C(CCN)NC(=O)Nc1ccccc1Cl)C(C)O. The number of aliphatic hydroxyl groups excluding tert-OH is 1. The van der Waals surface area contributed by atoms with E-state index in [0.29, 0.717) is 10.7 Å². The van der Waals surface area contributed by atoms with Crippen LogP contribution in [-0.4, -0.2) is 54.7 Å². The summed E-state index contributed by atoms with van der Waals surface area (Å²) in [5.74, 6) is -1.19. The van der Waals surface area contributed by atoms with E-state index < -0.39 is 36.0 Å². The molecular weight excluding hydrogens is 362 g/mol. The average molecular weight is 386 g/mol. The largest absolute Gasteiger partial charge is 0.391 e. The molecule has 144 valence electrons. The highest BCUT2D eigenvalue weighted by molar-refractivity contribution is 6.33. The number of likely N-dealkylation sites (N-methyl/N-ethyl adjacent to an activating group) is 1. The number of hydrogen-bond acceptors (Lipinski definition) is 5. The zero-order chi connectivity index (χ0) is 19.7. The van der Waals surface area contributed by atoms with Crippen molar-refractivity contribution in [2.24, 2.45) is 5.73 Å². The molecule has 9 nitrogen and oxygen atoms in total. The number of nitrogens with one attached hydrogen (secondary N) is 4. The van der Waals surface area contributed by atoms with Gasteiger partial charge in [0.05, 0.1) is 16.8 Å². The lowest BCUT2D eigenvalue weighted by atomic mass is 10.1. The first-order chi connectivity index (χ1) is 12.3. The Morgan fingerprint density at radius 2 is 1.85 bits per heavy atom. The number of aliphatic hydroxyl groups is 1. The maximum Gasteiger partial charge on any atom is 0.319 e. The van der Waals surface area contributed by atoms with Crippen LogP contribution >= 0.6 is 11.6 Å². The molecule has 3 atom stereocenters. The maximum absolute atomic E-state index is 12.4. The van der Waals surface area contributed by atoms with Gasteiger partial charge in [0.15, 0.2) is 0 Å². The molecule has 0 fully saturated rings. The van der Waals surface area contributed by atoms with Crippen LogP contribution in [0.25, 0.3) is 0 Å². The van der Waals surface area contributed by atoms with Gasteiger partial charge in [0.25, 0.3) is 0 Å². The van der Waals surface area contributed by atoms with Crippen molar-refractivity contribution in [1.29, 1.82) is 0 Å². The van der Waals surface area contributed by atoms with Gasteiger partial charge >= 0.3 is 6.03 Å². The maximum atomic E-state index is 12.4. The first-order valence-corrected chi connectivity index (χ1v) is 8.40. The molecule has 10 heteroatoms. The number of nitrogens with two attached hydrogens (primary N) is 1. The fourth-order valence-corrected chi connectivity index (χ4v) is 2.31. The first-order valence-electron chi connectivity index (χ1n) is 8.02. The molecule has 0 bridgehead atoms. The van der Waals surface area contributed by atoms with E-state index in [4.69, 9.17) is 17.3 Å². The predicted molar refractivity (Wildman–Crippen MR) is 98.7 cm³/mol. The number of rotatable bonds is 8. The van der Waals surface area contributed by atoms with Gasteiger partial charge in [-0.15, -0.1) is 0 Å². The van der Waals surface area contributed by atoms with Gasteiger partial charge in [-0.2, -0.15) is 0 Å². The van der Waals surface area contributed by atoms with Crippen LogP contribution in [0.2, 0.25) is 5.02 Å². The Kier molecular flexibility index (Phi) is 8.83. The summed E-state index contributed by atoms with van der Waals surface area (Å²) in [5, 5.41) is 19.8. The molecule has 1 rings (SSSR count). The summed E-state index contributed by atoms with van der Waals surface area (Å²) in [5.41, 5.74) is 5.88. The van der Waals surface area contributed by atoms with E-state index in [1.807, 2.05) is 0 Å². The zero-order valence-corrected chi connectivity index (χ0v) is 15.3. The van der Waals surface area contributed by atoms with Gasteiger partial charge < -0.3 is 32.1 Å². The first kappa shape index (κ1) is 21.7. The van der Waals surface area contributed by atoms with Crippen molar-refractivity contribution in [3.8, 4) is 0 Å². The summed E-state index contributed by atoms with van der Waals surface area (Å²) >= 11 is 5.97. The summed E-state index contributed by atoms with van der Waals surface area (Å²) in [6, 6.07) is 3.83. The highest BCUT2D eigenvalue weighted by Crippen LogP contribution is 2.20. The Labute approximate surface area is 156 Å². The zero-order valence-electron chi connectivity index (χ0n) is 14.6. The van der Waals surface area contributed by atoms with E-state index in [9.17, 15) is 19.5 Å². The van der Waals surface area contributed by atoms with Crippen molar-refractivity contribution in [2.75, 3.05) is 18.9 Å². The van der Waals surface area contributed by atoms with Crippen LogP contribution in [0.4, 0.5) is 10.5 Å². The van der Waals surface area contributed by atoms with Crippen LogP contribution in [0.3, 0.4) is 0 Å². The number of halogens is 1. The molecule has 26 heavy (non-hydrogen) atoms. The van der Waals surface area contributed by atoms with E-state index in [0.717, 1.165) is 0 Å². The van der Waals surface area contributed by atoms with Crippen LogP contribution in [0.15, 0.2) is 24.3 Å². The van der Waals surface area contributed by atoms with Gasteiger partial charge in [0, 0.05) is 7.05 Å². The molecule has 4 amide bonds. The molecule has 0 heterocycles. The van der Waals surface area contributed by atoms with E-state index >= 15 is 0 Å². The van der Waals surface area contributed by atoms with Crippen LogP contribution in [0, 0.1) is 0 Å². The molecule has 0 spiro atoms. The minimum Gasteiger partial charge on any atom is -0.391 e. The lowest BCUT2D eigenvalue weighted by Crippen LogP contribution is -2.57. The molecule has 0 aliphatic rings. The molecule has 0 saturated heterocycles. The van der Waals surface area contributed by atoms with Gasteiger partial charge in [-0.25, -0.2) is 4.79 Å². The third-order valence-corrected chi connectivity index (χ3v) is 3.84. The van der Waals surface area contributed by atoms with Crippen LogP contribution in [-0.2, 0) is 9.59 Å². The van der Waals surface area contributed by atoms with Gasteiger partial charge in [-0.05, 0) is 32.0 Å². The summed E-state index contributed by atoms with van der Waals surface area (Å²) in [7, 11) is 1.39. The van der Waals surface area contributed by atoms with E-state index in [2.05, 4.69) is 21.3 Å². The van der Waals surface area contributed by atoms with E-state index in [1.165, 1.54) is 14.0 Å². The monoisotopic (exact) mass is 385 g/mol. The molecular formula is C16H24ClN5O4. The fraction of sp³-hybridized carbons (Fsp3) is 0.438. The van der Waals surface area contributed by atoms with Crippen molar-refractivity contribution in [3.63, 3.8) is 0 Å². The highest BCUT2D eigenvalue weighted by atomic mass is 35.5. The Morgan fingerprint density at radius 1 is 1.19 bits per heavy atom. The number of para-hydroxylation sites is 1. The molecule has 0 aliphatic carbocycles. The second-order valence-electron chi connectivity index (χ2n) is 5.55.